The highest BCUT2D eigenvalue weighted by molar-refractivity contribution is 7.47. The molecule has 0 aliphatic carbocycles. The number of unbranched alkanes of at least 4 members (excludes halogenated alkanes) is 28. The van der Waals surface area contributed by atoms with Crippen molar-refractivity contribution in [3.8, 4) is 0 Å². The van der Waals surface area contributed by atoms with E-state index in [2.05, 4.69) is 161 Å². The average molecular weight is 1550 g/mol. The highest BCUT2D eigenvalue weighted by Crippen LogP contribution is 2.45. The van der Waals surface area contributed by atoms with E-state index in [9.17, 15) is 43.2 Å². The molecule has 0 fully saturated rings. The zero-order valence-electron chi connectivity index (χ0n) is 67.7. The van der Waals surface area contributed by atoms with Crippen molar-refractivity contribution in [2.24, 2.45) is 0 Å². The molecule has 3 N–H and O–H groups in total. The van der Waals surface area contributed by atoms with Crippen LogP contribution in [-0.2, 0) is 65.4 Å². The lowest BCUT2D eigenvalue weighted by molar-refractivity contribution is -0.161. The van der Waals surface area contributed by atoms with Crippen LogP contribution >= 0.6 is 15.6 Å². The van der Waals surface area contributed by atoms with Gasteiger partial charge in [-0.05, 0) is 161 Å². The largest absolute Gasteiger partial charge is 0.472 e. The minimum atomic E-state index is -5.00. The number of hydrogen-bond acceptors (Lipinski definition) is 15. The summed E-state index contributed by atoms with van der Waals surface area (Å²) >= 11 is 0. The molecule has 5 atom stereocenters. The Morgan fingerprint density at radius 3 is 0.843 bits per heavy atom. The molecule has 0 bridgehead atoms. The number of rotatable bonds is 78. The number of aliphatic hydroxyl groups excluding tert-OH is 1. The molecule has 0 aromatic heterocycles. The molecule has 0 radical (unpaired) electrons. The fourth-order valence-corrected chi connectivity index (χ4v) is 12.4. The van der Waals surface area contributed by atoms with Gasteiger partial charge in [0.25, 0.3) is 0 Å². The summed E-state index contributed by atoms with van der Waals surface area (Å²) in [7, 11) is -10.0. The lowest BCUT2D eigenvalue weighted by atomic mass is 10.1. The van der Waals surface area contributed by atoms with Crippen LogP contribution in [0.4, 0.5) is 0 Å². The Labute approximate surface area is 656 Å². The van der Waals surface area contributed by atoms with Gasteiger partial charge in [0.1, 0.15) is 19.3 Å². The van der Waals surface area contributed by atoms with Gasteiger partial charge < -0.3 is 33.8 Å². The average Bonchev–Trinajstić information content (AvgIpc) is 0.899. The van der Waals surface area contributed by atoms with Gasteiger partial charge in [-0.25, -0.2) is 9.13 Å². The summed E-state index contributed by atoms with van der Waals surface area (Å²) in [4.78, 5) is 73.1. The van der Waals surface area contributed by atoms with Gasteiger partial charge in [-0.2, -0.15) is 0 Å². The Kier molecular flexibility index (Phi) is 76.3. The second kappa shape index (κ2) is 80.0. The smallest absolute Gasteiger partial charge is 0.462 e. The number of carbonyl (C=O) groups is 4. The van der Waals surface area contributed by atoms with Crippen molar-refractivity contribution in [1.82, 2.24) is 0 Å². The molecular formula is C89H150O17P2. The highest BCUT2D eigenvalue weighted by atomic mass is 31.2. The zero-order chi connectivity index (χ0) is 78.9. The molecule has 0 aliphatic heterocycles. The maximum atomic E-state index is 13.1. The number of ether oxygens (including phenoxy) is 4. The summed E-state index contributed by atoms with van der Waals surface area (Å²) in [6, 6.07) is 0. The molecule has 2 unspecified atom stereocenters. The Hall–Kier alpha value is -5.06. The minimum Gasteiger partial charge on any atom is -0.462 e. The van der Waals surface area contributed by atoms with Crippen molar-refractivity contribution >= 4 is 39.5 Å². The van der Waals surface area contributed by atoms with Gasteiger partial charge in [-0.15, -0.1) is 0 Å². The van der Waals surface area contributed by atoms with Crippen molar-refractivity contribution in [2.75, 3.05) is 39.6 Å². The molecule has 0 heterocycles. The first kappa shape index (κ1) is 103. The molecule has 0 saturated heterocycles. The number of esters is 4. The van der Waals surface area contributed by atoms with Gasteiger partial charge in [-0.1, -0.05) is 296 Å². The van der Waals surface area contributed by atoms with E-state index in [0.717, 1.165) is 167 Å². The van der Waals surface area contributed by atoms with Gasteiger partial charge in [-0.3, -0.25) is 37.3 Å². The van der Waals surface area contributed by atoms with Crippen LogP contribution in [0.2, 0.25) is 0 Å². The molecular weight excluding hydrogens is 1400 g/mol. The van der Waals surface area contributed by atoms with Crippen LogP contribution in [-0.4, -0.2) is 96.7 Å². The van der Waals surface area contributed by atoms with Crippen LogP contribution in [0.3, 0.4) is 0 Å². The van der Waals surface area contributed by atoms with Crippen molar-refractivity contribution in [3.63, 3.8) is 0 Å². The SMILES string of the molecule is CC/C=C\C/C=C\C/C=C\C/C=C\C/C=C\CCCCCC(=O)O[C@H](COC(=O)CCCCCCC/C=C\CCCCCCCC)COP(=O)(O)OC[C@H](O)COP(=O)(O)OC[C@@H](COC(=O)CC/C=C\C/C=C\C/C=C\C/C=C\C/C=C\CCCCC)OC(=O)CCCCCCCCC/C=C\CCCCCC. The lowest BCUT2D eigenvalue weighted by Crippen LogP contribution is -2.30. The molecule has 0 amide bonds. The quantitative estimate of drug-likeness (QED) is 0.0169. The van der Waals surface area contributed by atoms with E-state index in [1.54, 1.807) is 0 Å². The Balaban J connectivity index is 5.48. The summed E-state index contributed by atoms with van der Waals surface area (Å²) in [5, 5.41) is 10.7. The van der Waals surface area contributed by atoms with Crippen LogP contribution in [0.1, 0.15) is 336 Å². The topological polar surface area (TPSA) is 237 Å². The molecule has 17 nitrogen and oxygen atoms in total. The van der Waals surface area contributed by atoms with Gasteiger partial charge in [0.15, 0.2) is 12.2 Å². The molecule has 108 heavy (non-hydrogen) atoms. The maximum absolute atomic E-state index is 13.1. The van der Waals surface area contributed by atoms with Crippen LogP contribution in [0.25, 0.3) is 0 Å². The van der Waals surface area contributed by atoms with E-state index in [-0.39, 0.29) is 25.7 Å². The summed E-state index contributed by atoms with van der Waals surface area (Å²) in [6.07, 6.45) is 92.5. The first-order chi connectivity index (χ1) is 52.7. The summed E-state index contributed by atoms with van der Waals surface area (Å²) < 4.78 is 68.6. The predicted molar refractivity (Wildman–Crippen MR) is 445 cm³/mol. The predicted octanol–water partition coefficient (Wildman–Crippen LogP) is 25.0. The zero-order valence-corrected chi connectivity index (χ0v) is 69.5. The number of aliphatic hydroxyl groups is 1. The Morgan fingerprint density at radius 2 is 0.500 bits per heavy atom. The van der Waals surface area contributed by atoms with E-state index < -0.39 is 97.5 Å². The highest BCUT2D eigenvalue weighted by Gasteiger charge is 2.30. The van der Waals surface area contributed by atoms with Gasteiger partial charge in [0.2, 0.25) is 0 Å². The number of phosphoric ester groups is 2. The molecule has 19 heteroatoms. The van der Waals surface area contributed by atoms with E-state index in [4.69, 9.17) is 37.0 Å². The standard InChI is InChI=1S/C89H150O17P2/c1-5-9-13-17-21-25-29-33-37-39-41-43-47-50-54-58-62-66-70-74-87(92)100-80-84(105-88(93)75-71-67-63-59-55-51-46-36-32-28-24-20-16-12-8-4)81-103-107(95,96)101-77-83(90)78-102-108(97,98)104-82-85(79-99-86(91)73-69-65-61-57-53-49-45-35-31-27-23-19-15-11-7-3)106-89(94)76-72-68-64-60-56-52-48-44-42-40-38-34-30-26-22-18-14-10-6-2/h10,14,21-22,25-26,28,32-35,37-38,41-45,50,52,54,56,62,66,83-85,90H,5-9,11-13,15-20,23-24,27,29-31,36,39-40,46-49,51,53,55,57-61,63-65,67-82H2,1-4H3,(H,95,96)(H,97,98)/b14-10-,25-21-,26-22-,32-28-,37-33-,38-34-,43-41-,44-42-,45-35-,54-50-,56-52-,66-62-/t83-,84-,85-/m1/s1. The second-order valence-corrected chi connectivity index (χ2v) is 30.6. The van der Waals surface area contributed by atoms with E-state index in [1.165, 1.54) is 83.5 Å². The van der Waals surface area contributed by atoms with E-state index >= 15 is 0 Å². The molecule has 0 saturated carbocycles. The van der Waals surface area contributed by atoms with Crippen molar-refractivity contribution in [3.05, 3.63) is 146 Å². The van der Waals surface area contributed by atoms with Gasteiger partial charge >= 0.3 is 39.5 Å². The van der Waals surface area contributed by atoms with E-state index in [0.29, 0.717) is 32.1 Å². The van der Waals surface area contributed by atoms with Gasteiger partial charge in [0, 0.05) is 25.7 Å². The van der Waals surface area contributed by atoms with Crippen molar-refractivity contribution < 1.29 is 80.2 Å². The molecule has 0 rings (SSSR count). The van der Waals surface area contributed by atoms with Crippen LogP contribution in [0, 0.1) is 0 Å². The summed E-state index contributed by atoms with van der Waals surface area (Å²) in [6.45, 7) is 4.60. The van der Waals surface area contributed by atoms with Crippen LogP contribution < -0.4 is 0 Å². The molecule has 0 aromatic rings. The minimum absolute atomic E-state index is 0.0337. The lowest BCUT2D eigenvalue weighted by Gasteiger charge is -2.21. The maximum Gasteiger partial charge on any atom is 0.472 e. The fraction of sp³-hybridized carbons (Fsp3) is 0.685. The molecule has 0 spiro atoms. The fourth-order valence-electron chi connectivity index (χ4n) is 10.9. The monoisotopic (exact) mass is 1550 g/mol. The molecule has 618 valence electrons. The normalized spacial score (nSPS) is 14.5. The van der Waals surface area contributed by atoms with Crippen molar-refractivity contribution in [1.29, 1.82) is 0 Å². The number of allylic oxidation sites excluding steroid dienone is 24. The number of carbonyl (C=O) groups excluding carboxylic acids is 4. The Bertz CT molecular complexity index is 2610. The summed E-state index contributed by atoms with van der Waals surface area (Å²) in [5.74, 6) is -2.32. The first-order valence-corrected chi connectivity index (χ1v) is 45.1. The van der Waals surface area contributed by atoms with E-state index in [1.807, 2.05) is 12.2 Å². The molecule has 0 aromatic carbocycles. The first-order valence-electron chi connectivity index (χ1n) is 42.1. The van der Waals surface area contributed by atoms with Crippen LogP contribution in [0.5, 0.6) is 0 Å². The molecule has 0 aliphatic rings. The number of phosphoric acid groups is 2. The third kappa shape index (κ3) is 79.0. The van der Waals surface area contributed by atoms with Crippen LogP contribution in [0.15, 0.2) is 146 Å². The Morgan fingerprint density at radius 1 is 0.269 bits per heavy atom. The third-order valence-electron chi connectivity index (χ3n) is 17.3. The third-order valence-corrected chi connectivity index (χ3v) is 19.2. The summed E-state index contributed by atoms with van der Waals surface area (Å²) in [5.41, 5.74) is 0. The van der Waals surface area contributed by atoms with Crippen molar-refractivity contribution in [2.45, 2.75) is 354 Å². The number of hydrogen-bond donors (Lipinski definition) is 3. The van der Waals surface area contributed by atoms with Gasteiger partial charge in [0.05, 0.1) is 26.4 Å². The second-order valence-electron chi connectivity index (χ2n) is 27.7.